The first-order chi connectivity index (χ1) is 13.1. The highest BCUT2D eigenvalue weighted by atomic mass is 19.1. The maximum atomic E-state index is 13.3. The second-order valence-electron chi connectivity index (χ2n) is 6.54. The molecule has 6 heteroatoms. The van der Waals surface area contributed by atoms with E-state index in [-0.39, 0.29) is 17.5 Å². The molecule has 3 aromatic rings. The molecular formula is C21H18FNO4. The van der Waals surface area contributed by atoms with E-state index in [0.29, 0.717) is 17.6 Å². The Morgan fingerprint density at radius 1 is 1.15 bits per heavy atom. The zero-order valence-electron chi connectivity index (χ0n) is 14.5. The van der Waals surface area contributed by atoms with Crippen LogP contribution < -0.4 is 10.9 Å². The fraction of sp³-hybridized carbons (Fsp3) is 0.238. The first-order valence-electron chi connectivity index (χ1n) is 8.82. The molecule has 1 aliphatic rings. The van der Waals surface area contributed by atoms with Gasteiger partial charge in [-0.1, -0.05) is 30.3 Å². The fourth-order valence-electron chi connectivity index (χ4n) is 3.37. The van der Waals surface area contributed by atoms with Crippen LogP contribution in [0.3, 0.4) is 0 Å². The first kappa shape index (κ1) is 17.4. The summed E-state index contributed by atoms with van der Waals surface area (Å²) in [7, 11) is 0. The molecule has 5 nitrogen and oxygen atoms in total. The predicted molar refractivity (Wildman–Crippen MR) is 98.1 cm³/mol. The topological polar surface area (TPSA) is 68.5 Å². The van der Waals surface area contributed by atoms with Crippen LogP contribution >= 0.6 is 0 Å². The van der Waals surface area contributed by atoms with E-state index in [1.807, 2.05) is 0 Å². The molecule has 2 aromatic carbocycles. The molecule has 0 radical (unpaired) electrons. The highest BCUT2D eigenvalue weighted by Gasteiger charge is 2.30. The average Bonchev–Trinajstić information content (AvgIpc) is 3.20. The Kier molecular flexibility index (Phi) is 4.73. The molecule has 2 heterocycles. The monoisotopic (exact) mass is 367 g/mol. The van der Waals surface area contributed by atoms with Gasteiger partial charge < -0.3 is 14.5 Å². The summed E-state index contributed by atoms with van der Waals surface area (Å²) < 4.78 is 24.3. The number of carbonyl (C=O) groups is 1. The van der Waals surface area contributed by atoms with E-state index in [9.17, 15) is 14.0 Å². The van der Waals surface area contributed by atoms with Gasteiger partial charge in [-0.15, -0.1) is 0 Å². The Balaban J connectivity index is 1.66. The van der Waals surface area contributed by atoms with E-state index in [1.54, 1.807) is 36.4 Å². The molecular weight excluding hydrogens is 349 g/mol. The Bertz CT molecular complexity index is 1020. The molecule has 1 saturated heterocycles. The predicted octanol–water partition coefficient (Wildman–Crippen LogP) is 3.58. The zero-order chi connectivity index (χ0) is 18.8. The van der Waals surface area contributed by atoms with Gasteiger partial charge in [0.15, 0.2) is 0 Å². The molecule has 1 amide bonds. The lowest BCUT2D eigenvalue weighted by molar-refractivity contribution is 0.0670. The lowest BCUT2D eigenvalue weighted by atomic mass is 9.98. The van der Waals surface area contributed by atoms with Crippen molar-refractivity contribution < 1.29 is 18.3 Å². The highest BCUT2D eigenvalue weighted by Crippen LogP contribution is 2.27. The number of ether oxygens (including phenoxy) is 1. The van der Waals surface area contributed by atoms with Gasteiger partial charge in [0.05, 0.1) is 12.1 Å². The van der Waals surface area contributed by atoms with E-state index >= 15 is 0 Å². The van der Waals surface area contributed by atoms with Crippen LogP contribution in [0.4, 0.5) is 4.39 Å². The zero-order valence-corrected chi connectivity index (χ0v) is 14.5. The SMILES string of the molecule is O=C(NC(c1ccc(F)cc1)C1CCCO1)c1cc2ccccc2oc1=O. The molecule has 0 aliphatic carbocycles. The van der Waals surface area contributed by atoms with Crippen molar-refractivity contribution in [3.8, 4) is 0 Å². The molecule has 1 aromatic heterocycles. The summed E-state index contributed by atoms with van der Waals surface area (Å²) in [6.07, 6.45) is 1.43. The number of carbonyl (C=O) groups excluding carboxylic acids is 1. The van der Waals surface area contributed by atoms with Crippen LogP contribution in [0, 0.1) is 5.82 Å². The van der Waals surface area contributed by atoms with Crippen molar-refractivity contribution in [1.29, 1.82) is 0 Å². The molecule has 0 saturated carbocycles. The second kappa shape index (κ2) is 7.32. The van der Waals surface area contributed by atoms with Gasteiger partial charge >= 0.3 is 5.63 Å². The van der Waals surface area contributed by atoms with Crippen molar-refractivity contribution >= 4 is 16.9 Å². The van der Waals surface area contributed by atoms with Gasteiger partial charge in [0.2, 0.25) is 0 Å². The maximum Gasteiger partial charge on any atom is 0.349 e. The van der Waals surface area contributed by atoms with Crippen LogP contribution in [0.15, 0.2) is 63.8 Å². The number of halogens is 1. The van der Waals surface area contributed by atoms with Crippen molar-refractivity contribution in [3.63, 3.8) is 0 Å². The third-order valence-corrected chi connectivity index (χ3v) is 4.74. The Morgan fingerprint density at radius 2 is 1.93 bits per heavy atom. The van der Waals surface area contributed by atoms with E-state index in [2.05, 4.69) is 5.32 Å². The number of hydrogen-bond donors (Lipinski definition) is 1. The smallest absolute Gasteiger partial charge is 0.349 e. The molecule has 0 spiro atoms. The summed E-state index contributed by atoms with van der Waals surface area (Å²) in [4.78, 5) is 25.1. The van der Waals surface area contributed by atoms with Crippen molar-refractivity contribution in [2.24, 2.45) is 0 Å². The summed E-state index contributed by atoms with van der Waals surface area (Å²) >= 11 is 0. The van der Waals surface area contributed by atoms with Crippen LogP contribution in [-0.2, 0) is 4.74 Å². The maximum absolute atomic E-state index is 13.3. The van der Waals surface area contributed by atoms with Gasteiger partial charge in [-0.2, -0.15) is 0 Å². The quantitative estimate of drug-likeness (QED) is 0.716. The van der Waals surface area contributed by atoms with Crippen LogP contribution in [0.5, 0.6) is 0 Å². The number of fused-ring (bicyclic) bond motifs is 1. The molecule has 1 fully saturated rings. The van der Waals surface area contributed by atoms with Gasteiger partial charge in [0, 0.05) is 12.0 Å². The summed E-state index contributed by atoms with van der Waals surface area (Å²) in [6, 6.07) is 14.0. The Morgan fingerprint density at radius 3 is 2.67 bits per heavy atom. The van der Waals surface area contributed by atoms with Gasteiger partial charge in [-0.25, -0.2) is 9.18 Å². The van der Waals surface area contributed by atoms with Crippen molar-refractivity contribution in [2.45, 2.75) is 25.0 Å². The minimum Gasteiger partial charge on any atom is -0.422 e. The van der Waals surface area contributed by atoms with E-state index in [0.717, 1.165) is 18.4 Å². The number of hydrogen-bond acceptors (Lipinski definition) is 4. The number of rotatable bonds is 4. The molecule has 2 atom stereocenters. The minimum absolute atomic E-state index is 0.0705. The second-order valence-corrected chi connectivity index (χ2v) is 6.54. The number of benzene rings is 2. The third kappa shape index (κ3) is 3.61. The average molecular weight is 367 g/mol. The van der Waals surface area contributed by atoms with Gasteiger partial charge in [0.25, 0.3) is 5.91 Å². The fourth-order valence-corrected chi connectivity index (χ4v) is 3.37. The Labute approximate surface area is 154 Å². The molecule has 27 heavy (non-hydrogen) atoms. The van der Waals surface area contributed by atoms with Gasteiger partial charge in [-0.05, 0) is 42.7 Å². The highest BCUT2D eigenvalue weighted by molar-refractivity contribution is 5.96. The van der Waals surface area contributed by atoms with Crippen LogP contribution in [0.1, 0.15) is 34.8 Å². The van der Waals surface area contributed by atoms with E-state index in [1.165, 1.54) is 18.2 Å². The lowest BCUT2D eigenvalue weighted by Gasteiger charge is -2.24. The normalized spacial score (nSPS) is 17.7. The number of nitrogens with one attached hydrogen (secondary N) is 1. The number of amides is 1. The van der Waals surface area contributed by atoms with Crippen molar-refractivity contribution in [2.75, 3.05) is 6.61 Å². The third-order valence-electron chi connectivity index (χ3n) is 4.74. The minimum atomic E-state index is -0.698. The summed E-state index contributed by atoms with van der Waals surface area (Å²) in [5, 5.41) is 3.53. The molecule has 2 unspecified atom stereocenters. The van der Waals surface area contributed by atoms with Crippen molar-refractivity contribution in [3.05, 3.63) is 82.0 Å². The number of para-hydroxylation sites is 1. The van der Waals surface area contributed by atoms with Crippen LogP contribution in [0.2, 0.25) is 0 Å². The molecule has 1 N–H and O–H groups in total. The van der Waals surface area contributed by atoms with Gasteiger partial charge in [-0.3, -0.25) is 4.79 Å². The molecule has 0 bridgehead atoms. The van der Waals surface area contributed by atoms with Gasteiger partial charge in [0.1, 0.15) is 17.0 Å². The summed E-state index contributed by atoms with van der Waals surface area (Å²) in [6.45, 7) is 0.607. The summed E-state index contributed by atoms with van der Waals surface area (Å²) in [5.74, 6) is -0.898. The van der Waals surface area contributed by atoms with Crippen molar-refractivity contribution in [1.82, 2.24) is 5.32 Å². The van der Waals surface area contributed by atoms with E-state index < -0.39 is 17.6 Å². The lowest BCUT2D eigenvalue weighted by Crippen LogP contribution is -2.38. The Hall–Kier alpha value is -2.99. The standard InChI is InChI=1S/C21H18FNO4/c22-15-9-7-13(8-10-15)19(18-6-3-11-26-18)23-20(24)16-12-14-4-1-2-5-17(14)27-21(16)25/h1-2,4-5,7-10,12,18-19H,3,6,11H2,(H,23,24). The largest absolute Gasteiger partial charge is 0.422 e. The molecule has 4 rings (SSSR count). The van der Waals surface area contributed by atoms with Crippen LogP contribution in [0.25, 0.3) is 11.0 Å². The molecule has 1 aliphatic heterocycles. The summed E-state index contributed by atoms with van der Waals surface area (Å²) in [5.41, 5.74) is 0.380. The van der Waals surface area contributed by atoms with E-state index in [4.69, 9.17) is 9.15 Å². The van der Waals surface area contributed by atoms with Crippen LogP contribution in [-0.4, -0.2) is 18.6 Å². The molecule has 138 valence electrons. The first-order valence-corrected chi connectivity index (χ1v) is 8.82.